The van der Waals surface area contributed by atoms with Gasteiger partial charge in [-0.25, -0.2) is 4.39 Å². The molecule has 1 amide bonds. The number of anilines is 1. The molecular formula is C16H17FN2OS. The van der Waals surface area contributed by atoms with Gasteiger partial charge in [0.1, 0.15) is 5.82 Å². The van der Waals surface area contributed by atoms with Gasteiger partial charge >= 0.3 is 0 Å². The van der Waals surface area contributed by atoms with Gasteiger partial charge in [-0.15, -0.1) is 11.8 Å². The highest BCUT2D eigenvalue weighted by molar-refractivity contribution is 8.00. The first kappa shape index (κ1) is 15.4. The third kappa shape index (κ3) is 4.49. The number of hydrogen-bond donors (Lipinski definition) is 2. The van der Waals surface area contributed by atoms with Crippen LogP contribution in [0.2, 0.25) is 0 Å². The summed E-state index contributed by atoms with van der Waals surface area (Å²) in [6.45, 7) is 2.13. The van der Waals surface area contributed by atoms with Crippen molar-refractivity contribution in [1.82, 2.24) is 5.32 Å². The Labute approximate surface area is 127 Å². The summed E-state index contributed by atoms with van der Waals surface area (Å²) in [7, 11) is 0. The first-order valence-electron chi connectivity index (χ1n) is 6.55. The van der Waals surface area contributed by atoms with E-state index in [0.717, 1.165) is 16.1 Å². The molecule has 0 aliphatic rings. The topological polar surface area (TPSA) is 55.1 Å². The number of halogens is 1. The smallest absolute Gasteiger partial charge is 0.230 e. The fraction of sp³-hybridized carbons (Fsp3) is 0.188. The second-order valence-corrected chi connectivity index (χ2v) is 5.72. The van der Waals surface area contributed by atoms with Gasteiger partial charge in [0.15, 0.2) is 0 Å². The summed E-state index contributed by atoms with van der Waals surface area (Å²) < 4.78 is 13.4. The molecule has 0 aromatic heterocycles. The summed E-state index contributed by atoms with van der Waals surface area (Å²) in [6.07, 6.45) is 0. The van der Waals surface area contributed by atoms with Gasteiger partial charge in [-0.3, -0.25) is 4.79 Å². The maximum absolute atomic E-state index is 13.4. The molecule has 0 heterocycles. The minimum absolute atomic E-state index is 0.127. The van der Waals surface area contributed by atoms with E-state index in [4.69, 9.17) is 5.73 Å². The predicted octanol–water partition coefficient (Wildman–Crippen LogP) is 3.12. The summed E-state index contributed by atoms with van der Waals surface area (Å²) in [6, 6.07) is 12.1. The fourth-order valence-electron chi connectivity index (χ4n) is 1.77. The Morgan fingerprint density at radius 2 is 2.05 bits per heavy atom. The van der Waals surface area contributed by atoms with Crippen LogP contribution in [0.3, 0.4) is 0 Å². The van der Waals surface area contributed by atoms with Crippen LogP contribution in [0.5, 0.6) is 0 Å². The van der Waals surface area contributed by atoms with E-state index < -0.39 is 0 Å². The van der Waals surface area contributed by atoms with E-state index in [9.17, 15) is 9.18 Å². The molecule has 0 unspecified atom stereocenters. The number of thioether (sulfide) groups is 1. The molecule has 2 aromatic carbocycles. The Bertz CT molecular complexity index is 646. The molecule has 0 atom stereocenters. The van der Waals surface area contributed by atoms with E-state index in [2.05, 4.69) is 5.32 Å². The van der Waals surface area contributed by atoms with Crippen LogP contribution in [0.15, 0.2) is 47.4 Å². The Balaban J connectivity index is 1.82. The van der Waals surface area contributed by atoms with Crippen molar-refractivity contribution >= 4 is 23.4 Å². The number of amides is 1. The van der Waals surface area contributed by atoms with Crippen LogP contribution in [-0.2, 0) is 11.3 Å². The van der Waals surface area contributed by atoms with Crippen molar-refractivity contribution in [3.05, 3.63) is 59.4 Å². The molecule has 0 saturated heterocycles. The summed E-state index contributed by atoms with van der Waals surface area (Å²) >= 11 is 1.43. The summed E-state index contributed by atoms with van der Waals surface area (Å²) in [5.74, 6) is -0.144. The number of carbonyl (C=O) groups is 1. The average molecular weight is 304 g/mol. The number of aryl methyl sites for hydroxylation is 1. The summed E-state index contributed by atoms with van der Waals surface area (Å²) in [5.41, 5.74) is 7.96. The molecular weight excluding hydrogens is 287 g/mol. The minimum Gasteiger partial charge on any atom is -0.399 e. The molecule has 2 rings (SSSR count). The molecule has 21 heavy (non-hydrogen) atoms. The van der Waals surface area contributed by atoms with Gasteiger partial charge in [0.05, 0.1) is 5.75 Å². The molecule has 0 aliphatic carbocycles. The molecule has 2 aromatic rings. The summed E-state index contributed by atoms with van der Waals surface area (Å²) in [5, 5.41) is 2.71. The SMILES string of the molecule is Cc1cc(SCC(=O)NCc2ccccc2F)ccc1N. The number of hydrogen-bond acceptors (Lipinski definition) is 3. The first-order valence-corrected chi connectivity index (χ1v) is 7.54. The lowest BCUT2D eigenvalue weighted by atomic mass is 10.2. The molecule has 3 nitrogen and oxygen atoms in total. The molecule has 0 spiro atoms. The van der Waals surface area contributed by atoms with Crippen molar-refractivity contribution in [1.29, 1.82) is 0 Å². The van der Waals surface area contributed by atoms with Crippen LogP contribution in [0.25, 0.3) is 0 Å². The zero-order valence-electron chi connectivity index (χ0n) is 11.7. The lowest BCUT2D eigenvalue weighted by Gasteiger charge is -2.07. The normalized spacial score (nSPS) is 10.4. The van der Waals surface area contributed by atoms with Crippen molar-refractivity contribution in [3.8, 4) is 0 Å². The highest BCUT2D eigenvalue weighted by atomic mass is 32.2. The Kier molecular flexibility index (Phi) is 5.22. The second-order valence-electron chi connectivity index (χ2n) is 4.68. The van der Waals surface area contributed by atoms with Crippen LogP contribution >= 0.6 is 11.8 Å². The van der Waals surface area contributed by atoms with Crippen LogP contribution in [0.1, 0.15) is 11.1 Å². The zero-order valence-corrected chi connectivity index (χ0v) is 12.5. The lowest BCUT2D eigenvalue weighted by molar-refractivity contribution is -0.118. The zero-order chi connectivity index (χ0) is 15.2. The fourth-order valence-corrected chi connectivity index (χ4v) is 2.60. The standard InChI is InChI=1S/C16H17FN2OS/c1-11-8-13(6-7-15(11)18)21-10-16(20)19-9-12-4-2-3-5-14(12)17/h2-8H,9-10,18H2,1H3,(H,19,20). The van der Waals surface area contributed by atoms with Crippen LogP contribution in [0, 0.1) is 12.7 Å². The van der Waals surface area contributed by atoms with Gasteiger partial charge in [0.2, 0.25) is 5.91 Å². The molecule has 0 radical (unpaired) electrons. The van der Waals surface area contributed by atoms with Gasteiger partial charge in [0, 0.05) is 22.7 Å². The number of nitrogens with two attached hydrogens (primary N) is 1. The van der Waals surface area contributed by atoms with Crippen LogP contribution in [0.4, 0.5) is 10.1 Å². The van der Waals surface area contributed by atoms with Gasteiger partial charge < -0.3 is 11.1 Å². The largest absolute Gasteiger partial charge is 0.399 e. The van der Waals surface area contributed by atoms with E-state index in [0.29, 0.717) is 5.56 Å². The number of carbonyl (C=O) groups excluding carboxylic acids is 1. The highest BCUT2D eigenvalue weighted by Crippen LogP contribution is 2.22. The van der Waals surface area contributed by atoms with Crippen LogP contribution < -0.4 is 11.1 Å². The highest BCUT2D eigenvalue weighted by Gasteiger charge is 2.06. The number of nitrogens with one attached hydrogen (secondary N) is 1. The van der Waals surface area contributed by atoms with E-state index in [-0.39, 0.29) is 24.0 Å². The Morgan fingerprint density at radius 1 is 1.29 bits per heavy atom. The molecule has 0 saturated carbocycles. The van der Waals surface area contributed by atoms with Crippen molar-refractivity contribution in [2.75, 3.05) is 11.5 Å². The van der Waals surface area contributed by atoms with Crippen LogP contribution in [-0.4, -0.2) is 11.7 Å². The van der Waals surface area contributed by atoms with Crippen molar-refractivity contribution in [2.24, 2.45) is 0 Å². The van der Waals surface area contributed by atoms with Gasteiger partial charge in [-0.05, 0) is 36.8 Å². The van der Waals surface area contributed by atoms with E-state index in [1.807, 2.05) is 25.1 Å². The average Bonchev–Trinajstić information content (AvgIpc) is 2.47. The molecule has 3 N–H and O–H groups in total. The van der Waals surface area contributed by atoms with Gasteiger partial charge in [0.25, 0.3) is 0 Å². The first-order chi connectivity index (χ1) is 10.1. The van der Waals surface area contributed by atoms with Crippen molar-refractivity contribution in [2.45, 2.75) is 18.4 Å². The number of rotatable bonds is 5. The Morgan fingerprint density at radius 3 is 2.76 bits per heavy atom. The molecule has 0 fully saturated rings. The molecule has 0 bridgehead atoms. The third-order valence-corrected chi connectivity index (χ3v) is 4.04. The maximum Gasteiger partial charge on any atom is 0.230 e. The molecule has 110 valence electrons. The number of benzene rings is 2. The third-order valence-electron chi connectivity index (χ3n) is 3.05. The number of nitrogen functional groups attached to an aromatic ring is 1. The quantitative estimate of drug-likeness (QED) is 0.659. The van der Waals surface area contributed by atoms with Crippen molar-refractivity contribution < 1.29 is 9.18 Å². The monoisotopic (exact) mass is 304 g/mol. The summed E-state index contributed by atoms with van der Waals surface area (Å²) in [4.78, 5) is 12.8. The minimum atomic E-state index is -0.306. The van der Waals surface area contributed by atoms with Gasteiger partial charge in [-0.2, -0.15) is 0 Å². The molecule has 0 aliphatic heterocycles. The van der Waals surface area contributed by atoms with E-state index in [1.54, 1.807) is 18.2 Å². The van der Waals surface area contributed by atoms with E-state index in [1.165, 1.54) is 17.8 Å². The predicted molar refractivity (Wildman–Crippen MR) is 84.6 cm³/mol. The van der Waals surface area contributed by atoms with Gasteiger partial charge in [-0.1, -0.05) is 18.2 Å². The Hall–Kier alpha value is -2.01. The maximum atomic E-state index is 13.4. The van der Waals surface area contributed by atoms with E-state index >= 15 is 0 Å². The second kappa shape index (κ2) is 7.13. The lowest BCUT2D eigenvalue weighted by Crippen LogP contribution is -2.25. The van der Waals surface area contributed by atoms with Crippen molar-refractivity contribution in [3.63, 3.8) is 0 Å². The molecule has 5 heteroatoms.